The number of hydrogen-bond acceptors (Lipinski definition) is 4. The SMILES string of the molecule is O=C(CN(Cc1ccccc1Cl)S(=O)(=O)c1ccc(Br)cc1)N/N=C/c1cccc(Br)c1. The second kappa shape index (κ2) is 11.2. The van der Waals surface area contributed by atoms with Crippen LogP contribution in [0.5, 0.6) is 0 Å². The Morgan fingerprint density at radius 3 is 2.41 bits per heavy atom. The van der Waals surface area contributed by atoms with Gasteiger partial charge in [-0.2, -0.15) is 9.41 Å². The topological polar surface area (TPSA) is 78.8 Å². The first kappa shape index (κ1) is 24.6. The molecule has 0 radical (unpaired) electrons. The minimum Gasteiger partial charge on any atom is -0.272 e. The smallest absolute Gasteiger partial charge is 0.255 e. The number of halogens is 3. The van der Waals surface area contributed by atoms with E-state index in [4.69, 9.17) is 11.6 Å². The Hall–Kier alpha value is -2.04. The summed E-state index contributed by atoms with van der Waals surface area (Å²) in [5, 5.41) is 4.34. The van der Waals surface area contributed by atoms with Gasteiger partial charge in [-0.1, -0.05) is 73.8 Å². The van der Waals surface area contributed by atoms with E-state index in [-0.39, 0.29) is 11.4 Å². The third-order valence-electron chi connectivity index (χ3n) is 4.33. The van der Waals surface area contributed by atoms with Gasteiger partial charge in [-0.25, -0.2) is 13.8 Å². The number of carbonyl (C=O) groups is 1. The average molecular weight is 600 g/mol. The summed E-state index contributed by atoms with van der Waals surface area (Å²) in [6.07, 6.45) is 1.48. The highest BCUT2D eigenvalue weighted by atomic mass is 79.9. The molecule has 0 heterocycles. The molecule has 6 nitrogen and oxygen atoms in total. The lowest BCUT2D eigenvalue weighted by molar-refractivity contribution is -0.121. The summed E-state index contributed by atoms with van der Waals surface area (Å²) in [7, 11) is -3.98. The molecule has 0 aromatic heterocycles. The maximum absolute atomic E-state index is 13.3. The number of nitrogens with zero attached hydrogens (tertiary/aromatic N) is 2. The number of nitrogens with one attached hydrogen (secondary N) is 1. The van der Waals surface area contributed by atoms with Crippen LogP contribution in [0, 0.1) is 0 Å². The maximum atomic E-state index is 13.3. The van der Waals surface area contributed by atoms with Gasteiger partial charge in [0.1, 0.15) is 0 Å². The van der Waals surface area contributed by atoms with Crippen molar-refractivity contribution in [2.24, 2.45) is 5.10 Å². The van der Waals surface area contributed by atoms with Gasteiger partial charge in [-0.05, 0) is 53.6 Å². The number of sulfonamides is 1. The predicted octanol–water partition coefficient (Wildman–Crippen LogP) is 5.21. The molecule has 0 aliphatic rings. The van der Waals surface area contributed by atoms with Crippen LogP contribution in [0.15, 0.2) is 91.7 Å². The summed E-state index contributed by atoms with van der Waals surface area (Å²) in [5.41, 5.74) is 3.74. The molecule has 0 aliphatic heterocycles. The first-order valence-electron chi connectivity index (χ1n) is 9.32. The predicted molar refractivity (Wildman–Crippen MR) is 133 cm³/mol. The van der Waals surface area contributed by atoms with E-state index in [2.05, 4.69) is 42.4 Å². The van der Waals surface area contributed by atoms with Gasteiger partial charge in [0.15, 0.2) is 0 Å². The quantitative estimate of drug-likeness (QED) is 0.286. The molecule has 3 rings (SSSR count). The fraction of sp³-hybridized carbons (Fsp3) is 0.0909. The molecule has 0 saturated heterocycles. The molecule has 1 N–H and O–H groups in total. The van der Waals surface area contributed by atoms with Crippen LogP contribution < -0.4 is 5.43 Å². The molecule has 0 saturated carbocycles. The van der Waals surface area contributed by atoms with Gasteiger partial charge in [0.2, 0.25) is 10.0 Å². The lowest BCUT2D eigenvalue weighted by atomic mass is 10.2. The lowest BCUT2D eigenvalue weighted by Gasteiger charge is -2.22. The Bertz CT molecular complexity index is 1240. The molecule has 0 aliphatic carbocycles. The number of carbonyl (C=O) groups excluding carboxylic acids is 1. The summed E-state index contributed by atoms with van der Waals surface area (Å²) >= 11 is 12.9. The van der Waals surface area contributed by atoms with E-state index in [1.165, 1.54) is 18.3 Å². The minimum absolute atomic E-state index is 0.0678. The minimum atomic E-state index is -3.98. The Kier molecular flexibility index (Phi) is 8.61. The van der Waals surface area contributed by atoms with Gasteiger partial charge < -0.3 is 0 Å². The Morgan fingerprint density at radius 1 is 1.00 bits per heavy atom. The van der Waals surface area contributed by atoms with Crippen LogP contribution in [-0.4, -0.2) is 31.4 Å². The van der Waals surface area contributed by atoms with E-state index < -0.39 is 22.5 Å². The van der Waals surface area contributed by atoms with Gasteiger partial charge in [-0.15, -0.1) is 0 Å². The molecule has 0 atom stereocenters. The second-order valence-electron chi connectivity index (χ2n) is 6.67. The summed E-state index contributed by atoms with van der Waals surface area (Å²) in [4.78, 5) is 12.6. The van der Waals surface area contributed by atoms with Gasteiger partial charge in [0, 0.05) is 20.5 Å². The van der Waals surface area contributed by atoms with E-state index in [1.807, 2.05) is 24.3 Å². The highest BCUT2D eigenvalue weighted by Crippen LogP contribution is 2.23. The Balaban J connectivity index is 1.81. The van der Waals surface area contributed by atoms with Crippen LogP contribution in [0.25, 0.3) is 0 Å². The van der Waals surface area contributed by atoms with E-state index in [9.17, 15) is 13.2 Å². The van der Waals surface area contributed by atoms with Crippen molar-refractivity contribution in [3.8, 4) is 0 Å². The number of rotatable bonds is 8. The van der Waals surface area contributed by atoms with E-state index in [1.54, 1.807) is 36.4 Å². The molecule has 0 unspecified atom stereocenters. The van der Waals surface area contributed by atoms with Crippen molar-refractivity contribution in [2.75, 3.05) is 6.54 Å². The van der Waals surface area contributed by atoms with Crippen molar-refractivity contribution in [1.82, 2.24) is 9.73 Å². The zero-order valence-corrected chi connectivity index (χ0v) is 21.3. The Morgan fingerprint density at radius 2 is 1.72 bits per heavy atom. The van der Waals surface area contributed by atoms with Crippen molar-refractivity contribution < 1.29 is 13.2 Å². The first-order chi connectivity index (χ1) is 15.3. The van der Waals surface area contributed by atoms with Crippen LogP contribution in [0.3, 0.4) is 0 Å². The third-order valence-corrected chi connectivity index (χ3v) is 7.52. The van der Waals surface area contributed by atoms with Crippen LogP contribution in [0.1, 0.15) is 11.1 Å². The molecule has 1 amide bonds. The van der Waals surface area contributed by atoms with Crippen LogP contribution in [0.2, 0.25) is 5.02 Å². The highest BCUT2D eigenvalue weighted by molar-refractivity contribution is 9.10. The van der Waals surface area contributed by atoms with Crippen molar-refractivity contribution in [1.29, 1.82) is 0 Å². The number of hydrazone groups is 1. The molecule has 166 valence electrons. The highest BCUT2D eigenvalue weighted by Gasteiger charge is 2.27. The van der Waals surface area contributed by atoms with Crippen molar-refractivity contribution in [3.63, 3.8) is 0 Å². The normalized spacial score (nSPS) is 11.8. The molecule has 3 aromatic carbocycles. The third kappa shape index (κ3) is 6.73. The number of amides is 1. The average Bonchev–Trinajstić information content (AvgIpc) is 2.75. The molecular formula is C22H18Br2ClN3O3S. The molecule has 0 fully saturated rings. The summed E-state index contributed by atoms with van der Waals surface area (Å²) in [6, 6.07) is 20.5. The Labute approximate surface area is 208 Å². The zero-order valence-electron chi connectivity index (χ0n) is 16.6. The van der Waals surface area contributed by atoms with Crippen LogP contribution in [-0.2, 0) is 21.4 Å². The molecule has 10 heteroatoms. The summed E-state index contributed by atoms with van der Waals surface area (Å²) in [6.45, 7) is -0.500. The van der Waals surface area contributed by atoms with Crippen molar-refractivity contribution >= 4 is 65.6 Å². The van der Waals surface area contributed by atoms with Gasteiger partial charge in [0.05, 0.1) is 17.7 Å². The van der Waals surface area contributed by atoms with Crippen molar-refractivity contribution in [2.45, 2.75) is 11.4 Å². The largest absolute Gasteiger partial charge is 0.272 e. The summed E-state index contributed by atoms with van der Waals surface area (Å²) in [5.74, 6) is -0.580. The lowest BCUT2D eigenvalue weighted by Crippen LogP contribution is -2.39. The molecule has 0 bridgehead atoms. The summed E-state index contributed by atoms with van der Waals surface area (Å²) < 4.78 is 29.2. The standard InChI is InChI=1S/C22H18Br2ClN3O3S/c23-18-8-10-20(11-9-18)32(30,31)28(14-17-5-1-2-7-21(17)25)15-22(29)27-26-13-16-4-3-6-19(24)12-16/h1-13H,14-15H2,(H,27,29)/b26-13+. The van der Waals surface area contributed by atoms with Gasteiger partial charge in [-0.3, -0.25) is 4.79 Å². The van der Waals surface area contributed by atoms with E-state index >= 15 is 0 Å². The van der Waals surface area contributed by atoms with Crippen molar-refractivity contribution in [3.05, 3.63) is 97.9 Å². The van der Waals surface area contributed by atoms with E-state index in [0.717, 1.165) is 18.8 Å². The van der Waals surface area contributed by atoms with Gasteiger partial charge >= 0.3 is 0 Å². The molecule has 0 spiro atoms. The zero-order chi connectivity index (χ0) is 23.1. The fourth-order valence-corrected chi connectivity index (χ4v) is 5.01. The second-order valence-corrected chi connectivity index (χ2v) is 10.8. The van der Waals surface area contributed by atoms with Crippen LogP contribution in [0.4, 0.5) is 0 Å². The monoisotopic (exact) mass is 597 g/mol. The molecule has 32 heavy (non-hydrogen) atoms. The van der Waals surface area contributed by atoms with E-state index in [0.29, 0.717) is 10.6 Å². The number of hydrogen-bond donors (Lipinski definition) is 1. The van der Waals surface area contributed by atoms with Crippen LogP contribution >= 0.6 is 43.5 Å². The fourth-order valence-electron chi connectivity index (χ4n) is 2.76. The first-order valence-corrected chi connectivity index (χ1v) is 12.7. The number of benzene rings is 3. The molecular weight excluding hydrogens is 582 g/mol. The van der Waals surface area contributed by atoms with Gasteiger partial charge in [0.25, 0.3) is 5.91 Å². The maximum Gasteiger partial charge on any atom is 0.255 e. The molecule has 3 aromatic rings.